The van der Waals surface area contributed by atoms with E-state index >= 15 is 0 Å². The number of aromatic amines is 1. The fourth-order valence-electron chi connectivity index (χ4n) is 3.74. The molecule has 2 N–H and O–H groups in total. The molecule has 4 rings (SSSR count). The number of amides is 1. The predicted molar refractivity (Wildman–Crippen MR) is 138 cm³/mol. The van der Waals surface area contributed by atoms with Crippen LogP contribution < -0.4 is 15.5 Å². The van der Waals surface area contributed by atoms with Crippen molar-refractivity contribution in [2.45, 2.75) is 6.92 Å². The molecule has 0 spiro atoms. The second-order valence-corrected chi connectivity index (χ2v) is 8.98. The Kier molecular flexibility index (Phi) is 7.73. The van der Waals surface area contributed by atoms with Gasteiger partial charge in [0.1, 0.15) is 6.61 Å². The molecular formula is C25H24FIN4O3. The summed E-state index contributed by atoms with van der Waals surface area (Å²) in [7, 11) is 0. The molecule has 2 heterocycles. The van der Waals surface area contributed by atoms with E-state index in [1.165, 1.54) is 18.3 Å². The first-order chi connectivity index (χ1) is 16.5. The first kappa shape index (κ1) is 24.1. The van der Waals surface area contributed by atoms with E-state index in [2.05, 4.69) is 42.8 Å². The third-order valence-electron chi connectivity index (χ3n) is 5.57. The number of nitrogens with one attached hydrogen (secondary N) is 2. The van der Waals surface area contributed by atoms with E-state index in [-0.39, 0.29) is 17.1 Å². The van der Waals surface area contributed by atoms with Crippen molar-refractivity contribution in [2.75, 3.05) is 32.8 Å². The number of pyridine rings is 2. The Morgan fingerprint density at radius 3 is 2.85 bits per heavy atom. The van der Waals surface area contributed by atoms with Crippen molar-refractivity contribution in [3.63, 3.8) is 0 Å². The quantitative estimate of drug-likeness (QED) is 0.180. The van der Waals surface area contributed by atoms with Crippen LogP contribution >= 0.6 is 22.6 Å². The summed E-state index contributed by atoms with van der Waals surface area (Å²) in [6.45, 7) is 4.66. The lowest BCUT2D eigenvalue weighted by Crippen LogP contribution is -2.37. The van der Waals surface area contributed by atoms with E-state index in [9.17, 15) is 14.0 Å². The van der Waals surface area contributed by atoms with Crippen LogP contribution in [0.5, 0.6) is 5.75 Å². The Labute approximate surface area is 209 Å². The van der Waals surface area contributed by atoms with Gasteiger partial charge in [-0.3, -0.25) is 14.5 Å². The Morgan fingerprint density at radius 1 is 1.21 bits per heavy atom. The van der Waals surface area contributed by atoms with Gasteiger partial charge >= 0.3 is 0 Å². The summed E-state index contributed by atoms with van der Waals surface area (Å²) < 4.78 is 20.1. The fraction of sp³-hybridized carbons (Fsp3) is 0.240. The minimum absolute atomic E-state index is 0.124. The highest BCUT2D eigenvalue weighted by molar-refractivity contribution is 14.1. The highest BCUT2D eigenvalue weighted by atomic mass is 127. The molecule has 2 aromatic rings. The predicted octanol–water partition coefficient (Wildman–Crippen LogP) is 3.90. The Bertz CT molecular complexity index is 1340. The zero-order valence-electron chi connectivity index (χ0n) is 18.6. The van der Waals surface area contributed by atoms with Crippen LogP contribution in [0.15, 0.2) is 59.5 Å². The number of fused-ring (bicyclic) bond motifs is 2. The van der Waals surface area contributed by atoms with Crippen LogP contribution in [0.25, 0.3) is 22.2 Å². The molecule has 176 valence electrons. The van der Waals surface area contributed by atoms with Gasteiger partial charge in [0.25, 0.3) is 11.9 Å². The third kappa shape index (κ3) is 5.53. The number of ether oxygens (including phenoxy) is 1. The molecule has 0 atom stereocenters. The average Bonchev–Trinajstić information content (AvgIpc) is 2.83. The molecule has 1 amide bonds. The maximum absolute atomic E-state index is 13.6. The standard InChI is InChI=1S/C25H24FIN4O3/c1-2-31(12-13-34-22-4-3-9-28-24(22)26)11-10-29-25(33)18-6-8-21(32)19-15-16-14-17(27)5-7-20(16)30-23(18)19/h3-9,14-15,30H,2,10-13H2,1H3,(H,29,33). The summed E-state index contributed by atoms with van der Waals surface area (Å²) >= 11 is 2.23. The van der Waals surface area contributed by atoms with Crippen molar-refractivity contribution in [1.82, 2.24) is 20.2 Å². The van der Waals surface area contributed by atoms with Gasteiger partial charge in [-0.15, -0.1) is 0 Å². The molecular weight excluding hydrogens is 550 g/mol. The van der Waals surface area contributed by atoms with Crippen LogP contribution in [0.1, 0.15) is 17.3 Å². The minimum Gasteiger partial charge on any atom is -0.487 e. The topological polar surface area (TPSA) is 87.3 Å². The average molecular weight is 574 g/mol. The van der Waals surface area contributed by atoms with Gasteiger partial charge < -0.3 is 15.0 Å². The Hall–Kier alpha value is -3.05. The van der Waals surface area contributed by atoms with Crippen LogP contribution in [0.2, 0.25) is 0 Å². The first-order valence-electron chi connectivity index (χ1n) is 11.0. The number of H-pyrrole nitrogens is 1. The van der Waals surface area contributed by atoms with Crippen LogP contribution in [0.4, 0.5) is 4.39 Å². The number of carbonyl (C=O) groups is 1. The number of halogens is 2. The number of aromatic nitrogens is 2. The lowest BCUT2D eigenvalue weighted by Gasteiger charge is -2.21. The highest BCUT2D eigenvalue weighted by Gasteiger charge is 2.18. The molecule has 0 unspecified atom stereocenters. The summed E-state index contributed by atoms with van der Waals surface area (Å²) in [6, 6.07) is 13.9. The second kappa shape index (κ2) is 10.9. The van der Waals surface area contributed by atoms with Gasteiger partial charge in [0.15, 0.2) is 11.2 Å². The molecule has 1 aromatic heterocycles. The van der Waals surface area contributed by atoms with E-state index in [1.54, 1.807) is 12.1 Å². The lowest BCUT2D eigenvalue weighted by atomic mass is 10.00. The summed E-state index contributed by atoms with van der Waals surface area (Å²) in [5.41, 5.74) is 2.16. The number of likely N-dealkylation sites (N-methyl/N-ethyl adjacent to an activating group) is 1. The number of hydrogen-bond acceptors (Lipinski definition) is 5. The maximum atomic E-state index is 13.6. The van der Waals surface area contributed by atoms with Crippen molar-refractivity contribution >= 4 is 39.4 Å². The van der Waals surface area contributed by atoms with E-state index in [1.807, 2.05) is 31.2 Å². The number of carbonyl (C=O) groups excluding carboxylic acids is 1. The summed E-state index contributed by atoms with van der Waals surface area (Å²) in [5.74, 6) is -0.761. The summed E-state index contributed by atoms with van der Waals surface area (Å²) in [5, 5.41) is 3.85. The van der Waals surface area contributed by atoms with E-state index in [0.717, 1.165) is 21.0 Å². The molecule has 2 aliphatic rings. The van der Waals surface area contributed by atoms with Crippen LogP contribution in [0, 0.1) is 9.52 Å². The van der Waals surface area contributed by atoms with Crippen molar-refractivity contribution in [2.24, 2.45) is 0 Å². The zero-order chi connectivity index (χ0) is 24.1. The molecule has 0 saturated carbocycles. The van der Waals surface area contributed by atoms with Crippen molar-refractivity contribution < 1.29 is 13.9 Å². The molecule has 34 heavy (non-hydrogen) atoms. The maximum Gasteiger partial charge on any atom is 0.255 e. The molecule has 7 nitrogen and oxygen atoms in total. The Balaban J connectivity index is 1.39. The van der Waals surface area contributed by atoms with Gasteiger partial charge in [0, 0.05) is 40.5 Å². The molecule has 0 saturated heterocycles. The largest absolute Gasteiger partial charge is 0.487 e. The smallest absolute Gasteiger partial charge is 0.255 e. The molecule has 1 aliphatic carbocycles. The molecule has 1 aliphatic heterocycles. The summed E-state index contributed by atoms with van der Waals surface area (Å²) in [6.07, 6.45) is 1.37. The second-order valence-electron chi connectivity index (χ2n) is 7.73. The zero-order valence-corrected chi connectivity index (χ0v) is 20.8. The molecule has 1 aromatic carbocycles. The van der Waals surface area contributed by atoms with Gasteiger partial charge in [-0.1, -0.05) is 6.92 Å². The molecule has 0 bridgehead atoms. The van der Waals surface area contributed by atoms with E-state index in [0.29, 0.717) is 43.1 Å². The summed E-state index contributed by atoms with van der Waals surface area (Å²) in [4.78, 5) is 34.3. The van der Waals surface area contributed by atoms with Crippen molar-refractivity contribution in [3.8, 4) is 17.0 Å². The SMILES string of the molecule is CCN(CCNC(=O)c1ccc(=O)c2cc3cc(I)ccc3[nH]c1-2)CCOc1cccnc1F. The van der Waals surface area contributed by atoms with E-state index < -0.39 is 5.95 Å². The molecule has 0 radical (unpaired) electrons. The Morgan fingerprint density at radius 2 is 2.06 bits per heavy atom. The van der Waals surface area contributed by atoms with Crippen LogP contribution in [0.3, 0.4) is 0 Å². The van der Waals surface area contributed by atoms with Crippen LogP contribution in [-0.2, 0) is 0 Å². The van der Waals surface area contributed by atoms with Gasteiger partial charge in [0.2, 0.25) is 0 Å². The number of nitrogens with zero attached hydrogens (tertiary/aromatic N) is 2. The molecule has 0 fully saturated rings. The fourth-order valence-corrected chi connectivity index (χ4v) is 4.25. The first-order valence-corrected chi connectivity index (χ1v) is 12.0. The van der Waals surface area contributed by atoms with Gasteiger partial charge in [-0.05, 0) is 83.1 Å². The number of rotatable bonds is 9. The van der Waals surface area contributed by atoms with Gasteiger partial charge in [0.05, 0.1) is 11.3 Å². The van der Waals surface area contributed by atoms with Gasteiger partial charge in [-0.2, -0.15) is 4.39 Å². The van der Waals surface area contributed by atoms with Gasteiger partial charge in [-0.25, -0.2) is 4.98 Å². The normalized spacial score (nSPS) is 11.3. The van der Waals surface area contributed by atoms with Crippen molar-refractivity contribution in [1.29, 1.82) is 0 Å². The monoisotopic (exact) mass is 574 g/mol. The van der Waals surface area contributed by atoms with Crippen molar-refractivity contribution in [3.05, 3.63) is 80.0 Å². The van der Waals surface area contributed by atoms with Crippen LogP contribution in [-0.4, -0.2) is 53.6 Å². The number of hydrogen-bond donors (Lipinski definition) is 2. The van der Waals surface area contributed by atoms with E-state index in [4.69, 9.17) is 4.74 Å². The minimum atomic E-state index is -0.631. The lowest BCUT2D eigenvalue weighted by molar-refractivity contribution is 0.0947. The third-order valence-corrected chi connectivity index (χ3v) is 6.24. The molecule has 9 heteroatoms. The number of benzene rings is 2. The highest BCUT2D eigenvalue weighted by Crippen LogP contribution is 2.26.